The summed E-state index contributed by atoms with van der Waals surface area (Å²) in [6, 6.07) is 2.45. The third-order valence-electron chi connectivity index (χ3n) is 2.37. The first kappa shape index (κ1) is 12.2. The number of carboxylic acids is 1. The number of hydrogen-bond donors (Lipinski definition) is 1. The molecule has 0 aliphatic heterocycles. The van der Waals surface area contributed by atoms with Gasteiger partial charge in [0.25, 0.3) is 5.91 Å². The van der Waals surface area contributed by atoms with Crippen molar-refractivity contribution >= 4 is 11.9 Å². The van der Waals surface area contributed by atoms with E-state index in [1.807, 2.05) is 0 Å². The Balaban J connectivity index is 2.86. The van der Waals surface area contributed by atoms with Gasteiger partial charge in [-0.1, -0.05) is 6.92 Å². The smallest absolute Gasteiger partial charge is 0.326 e. The van der Waals surface area contributed by atoms with E-state index in [0.717, 1.165) is 0 Å². The molecule has 1 heterocycles. The van der Waals surface area contributed by atoms with Gasteiger partial charge in [0.1, 0.15) is 6.04 Å². The summed E-state index contributed by atoms with van der Waals surface area (Å²) in [6.45, 7) is 1.73. The number of nitrogens with zero attached hydrogens (tertiary/aromatic N) is 2. The predicted molar refractivity (Wildman–Crippen MR) is 58.0 cm³/mol. The Morgan fingerprint density at radius 3 is 2.69 bits per heavy atom. The molecule has 0 bridgehead atoms. The van der Waals surface area contributed by atoms with Gasteiger partial charge in [-0.3, -0.25) is 9.78 Å². The molecular formula is C11H14N2O3. The summed E-state index contributed by atoms with van der Waals surface area (Å²) in [7, 11) is 1.48. The zero-order chi connectivity index (χ0) is 12.1. The summed E-state index contributed by atoms with van der Waals surface area (Å²) in [5.74, 6) is -1.33. The van der Waals surface area contributed by atoms with Crippen LogP contribution in [0.25, 0.3) is 0 Å². The molecule has 16 heavy (non-hydrogen) atoms. The lowest BCUT2D eigenvalue weighted by Crippen LogP contribution is -2.41. The van der Waals surface area contributed by atoms with E-state index in [4.69, 9.17) is 5.11 Å². The summed E-state index contributed by atoms with van der Waals surface area (Å²) in [6.07, 6.45) is 3.36. The number of aliphatic carboxylic acids is 1. The minimum absolute atomic E-state index is 0.331. The molecule has 1 aromatic rings. The van der Waals surface area contributed by atoms with Crippen LogP contribution in [0.15, 0.2) is 24.5 Å². The number of hydrogen-bond acceptors (Lipinski definition) is 3. The van der Waals surface area contributed by atoms with E-state index in [0.29, 0.717) is 12.0 Å². The minimum atomic E-state index is -0.998. The molecule has 5 nitrogen and oxygen atoms in total. The summed E-state index contributed by atoms with van der Waals surface area (Å²) in [5.41, 5.74) is 0.393. The molecule has 0 spiro atoms. The number of pyridine rings is 1. The van der Waals surface area contributed by atoms with Crippen molar-refractivity contribution in [2.24, 2.45) is 0 Å². The first-order chi connectivity index (χ1) is 7.57. The molecule has 5 heteroatoms. The fraction of sp³-hybridized carbons (Fsp3) is 0.364. The molecule has 1 amide bonds. The van der Waals surface area contributed by atoms with Crippen molar-refractivity contribution in [2.75, 3.05) is 7.05 Å². The Morgan fingerprint density at radius 2 is 2.25 bits per heavy atom. The Morgan fingerprint density at radius 1 is 1.56 bits per heavy atom. The maximum atomic E-state index is 11.9. The van der Waals surface area contributed by atoms with Gasteiger partial charge in [-0.05, 0) is 18.6 Å². The van der Waals surface area contributed by atoms with Gasteiger partial charge >= 0.3 is 5.97 Å². The van der Waals surface area contributed by atoms with Crippen LogP contribution in [0.5, 0.6) is 0 Å². The molecule has 0 fully saturated rings. The van der Waals surface area contributed by atoms with E-state index in [9.17, 15) is 9.59 Å². The number of rotatable bonds is 4. The van der Waals surface area contributed by atoms with Crippen molar-refractivity contribution in [3.8, 4) is 0 Å². The zero-order valence-corrected chi connectivity index (χ0v) is 9.25. The van der Waals surface area contributed by atoms with Crippen molar-refractivity contribution in [3.05, 3.63) is 30.1 Å². The van der Waals surface area contributed by atoms with E-state index in [1.54, 1.807) is 25.3 Å². The van der Waals surface area contributed by atoms with Crippen LogP contribution in [0.2, 0.25) is 0 Å². The second kappa shape index (κ2) is 5.25. The van der Waals surface area contributed by atoms with Crippen LogP contribution < -0.4 is 0 Å². The maximum Gasteiger partial charge on any atom is 0.326 e. The third kappa shape index (κ3) is 2.56. The van der Waals surface area contributed by atoms with Gasteiger partial charge in [-0.2, -0.15) is 0 Å². The van der Waals surface area contributed by atoms with Gasteiger partial charge < -0.3 is 10.0 Å². The highest BCUT2D eigenvalue weighted by Gasteiger charge is 2.25. The lowest BCUT2D eigenvalue weighted by atomic mass is 10.1. The Labute approximate surface area is 93.7 Å². The van der Waals surface area contributed by atoms with Crippen molar-refractivity contribution in [1.82, 2.24) is 9.88 Å². The van der Waals surface area contributed by atoms with E-state index in [2.05, 4.69) is 4.98 Å². The first-order valence-corrected chi connectivity index (χ1v) is 4.98. The van der Waals surface area contributed by atoms with Crippen LogP contribution >= 0.6 is 0 Å². The number of carbonyl (C=O) groups is 2. The average Bonchev–Trinajstić information content (AvgIpc) is 2.29. The topological polar surface area (TPSA) is 70.5 Å². The highest BCUT2D eigenvalue weighted by molar-refractivity contribution is 5.96. The van der Waals surface area contributed by atoms with Crippen molar-refractivity contribution in [1.29, 1.82) is 0 Å². The van der Waals surface area contributed by atoms with Gasteiger partial charge in [-0.25, -0.2) is 4.79 Å². The zero-order valence-electron chi connectivity index (χ0n) is 9.25. The third-order valence-corrected chi connectivity index (χ3v) is 2.37. The largest absolute Gasteiger partial charge is 0.480 e. The van der Waals surface area contributed by atoms with Crippen molar-refractivity contribution in [3.63, 3.8) is 0 Å². The molecule has 0 aliphatic rings. The van der Waals surface area contributed by atoms with E-state index in [1.165, 1.54) is 18.1 Å². The fourth-order valence-electron chi connectivity index (χ4n) is 1.45. The minimum Gasteiger partial charge on any atom is -0.480 e. The van der Waals surface area contributed by atoms with Crippen molar-refractivity contribution < 1.29 is 14.7 Å². The fourth-order valence-corrected chi connectivity index (χ4v) is 1.45. The molecule has 1 unspecified atom stereocenters. The summed E-state index contributed by atoms with van der Waals surface area (Å²) < 4.78 is 0. The molecule has 0 saturated carbocycles. The van der Waals surface area contributed by atoms with Gasteiger partial charge in [0.2, 0.25) is 0 Å². The van der Waals surface area contributed by atoms with E-state index >= 15 is 0 Å². The van der Waals surface area contributed by atoms with E-state index < -0.39 is 12.0 Å². The van der Waals surface area contributed by atoms with Gasteiger partial charge in [-0.15, -0.1) is 0 Å². The molecule has 86 valence electrons. The summed E-state index contributed by atoms with van der Waals surface area (Å²) in [5, 5.41) is 8.93. The standard InChI is InChI=1S/C11H14N2O3/c1-3-9(11(15)16)13(2)10(14)8-5-4-6-12-7-8/h4-7,9H,3H2,1-2H3,(H,15,16). The molecule has 0 saturated heterocycles. The summed E-state index contributed by atoms with van der Waals surface area (Å²) >= 11 is 0. The number of carbonyl (C=O) groups excluding carboxylic acids is 1. The Kier molecular flexibility index (Phi) is 3.99. The molecule has 1 aromatic heterocycles. The quantitative estimate of drug-likeness (QED) is 0.825. The number of aromatic nitrogens is 1. The van der Waals surface area contributed by atoms with E-state index in [-0.39, 0.29) is 5.91 Å². The summed E-state index contributed by atoms with van der Waals surface area (Å²) in [4.78, 5) is 27.8. The van der Waals surface area contributed by atoms with Gasteiger partial charge in [0.15, 0.2) is 0 Å². The van der Waals surface area contributed by atoms with Gasteiger partial charge in [0.05, 0.1) is 5.56 Å². The SMILES string of the molecule is CCC(C(=O)O)N(C)C(=O)c1cccnc1. The number of likely N-dealkylation sites (N-methyl/N-ethyl adjacent to an activating group) is 1. The molecule has 0 aromatic carbocycles. The molecule has 0 aliphatic carbocycles. The van der Waals surface area contributed by atoms with Crippen LogP contribution in [0.3, 0.4) is 0 Å². The van der Waals surface area contributed by atoms with Gasteiger partial charge in [0, 0.05) is 19.4 Å². The molecule has 1 atom stereocenters. The van der Waals surface area contributed by atoms with Crippen LogP contribution in [0.1, 0.15) is 23.7 Å². The van der Waals surface area contributed by atoms with Crippen LogP contribution in [0.4, 0.5) is 0 Å². The Hall–Kier alpha value is -1.91. The van der Waals surface area contributed by atoms with Crippen LogP contribution in [-0.4, -0.2) is 40.0 Å². The normalized spacial score (nSPS) is 11.9. The lowest BCUT2D eigenvalue weighted by Gasteiger charge is -2.23. The predicted octanol–water partition coefficient (Wildman–Crippen LogP) is 1.02. The average molecular weight is 222 g/mol. The molecule has 1 rings (SSSR count). The Bertz CT molecular complexity index is 378. The monoisotopic (exact) mass is 222 g/mol. The maximum absolute atomic E-state index is 11.9. The highest BCUT2D eigenvalue weighted by Crippen LogP contribution is 2.08. The number of amides is 1. The molecule has 0 radical (unpaired) electrons. The lowest BCUT2D eigenvalue weighted by molar-refractivity contribution is -0.142. The van der Waals surface area contributed by atoms with Crippen LogP contribution in [0, 0.1) is 0 Å². The number of carboxylic acid groups (broad SMARTS) is 1. The first-order valence-electron chi connectivity index (χ1n) is 4.98. The second-order valence-corrected chi connectivity index (χ2v) is 3.42. The van der Waals surface area contributed by atoms with Crippen molar-refractivity contribution in [2.45, 2.75) is 19.4 Å². The van der Waals surface area contributed by atoms with Crippen LogP contribution in [-0.2, 0) is 4.79 Å². The molecular weight excluding hydrogens is 208 g/mol. The molecule has 1 N–H and O–H groups in total. The highest BCUT2D eigenvalue weighted by atomic mass is 16.4. The second-order valence-electron chi connectivity index (χ2n) is 3.42.